The van der Waals surface area contributed by atoms with Crippen molar-refractivity contribution in [2.45, 2.75) is 58.0 Å². The van der Waals surface area contributed by atoms with Crippen LogP contribution in [0.5, 0.6) is 0 Å². The minimum absolute atomic E-state index is 0.143. The Balaban J connectivity index is 1.93. The first-order valence-corrected chi connectivity index (χ1v) is 6.21. The maximum Gasteiger partial charge on any atom is 0.220 e. The molecule has 1 N–H and O–H groups in total. The quantitative estimate of drug-likeness (QED) is 0.687. The van der Waals surface area contributed by atoms with Gasteiger partial charge in [0, 0.05) is 13.0 Å². The predicted molar refractivity (Wildman–Crippen MR) is 60.7 cm³/mol. The second-order valence-electron chi connectivity index (χ2n) is 4.23. The summed E-state index contributed by atoms with van der Waals surface area (Å²) < 4.78 is 5.70. The second-order valence-corrected chi connectivity index (χ2v) is 4.23. The molecule has 0 aromatic carbocycles. The van der Waals surface area contributed by atoms with Gasteiger partial charge in [0.25, 0.3) is 0 Å². The number of nitrogens with one attached hydrogen (secondary N) is 1. The zero-order valence-corrected chi connectivity index (χ0v) is 9.76. The fraction of sp³-hybridized carbons (Fsp3) is 0.917. The van der Waals surface area contributed by atoms with Crippen molar-refractivity contribution in [3.05, 3.63) is 0 Å². The molecule has 0 unspecified atom stereocenters. The van der Waals surface area contributed by atoms with Crippen molar-refractivity contribution < 1.29 is 9.53 Å². The van der Waals surface area contributed by atoms with E-state index in [4.69, 9.17) is 4.74 Å². The van der Waals surface area contributed by atoms with Gasteiger partial charge in [0.1, 0.15) is 0 Å². The molecule has 1 saturated carbocycles. The lowest BCUT2D eigenvalue weighted by Crippen LogP contribution is -2.29. The summed E-state index contributed by atoms with van der Waals surface area (Å²) in [7, 11) is 0. The number of hydrogen-bond donors (Lipinski definition) is 1. The van der Waals surface area contributed by atoms with Crippen LogP contribution in [0.1, 0.15) is 51.9 Å². The van der Waals surface area contributed by atoms with Gasteiger partial charge in [0.15, 0.2) is 0 Å². The first-order chi connectivity index (χ1) is 7.33. The molecular weight excluding hydrogens is 190 g/mol. The largest absolute Gasteiger partial charge is 0.376 e. The molecule has 15 heavy (non-hydrogen) atoms. The monoisotopic (exact) mass is 213 g/mol. The van der Waals surface area contributed by atoms with E-state index >= 15 is 0 Å². The third-order valence-corrected chi connectivity index (χ3v) is 2.81. The molecule has 1 amide bonds. The third kappa shape index (κ3) is 5.78. The topological polar surface area (TPSA) is 38.3 Å². The van der Waals surface area contributed by atoms with Gasteiger partial charge < -0.3 is 10.1 Å². The molecule has 0 atom stereocenters. The van der Waals surface area contributed by atoms with Crippen LogP contribution in [-0.4, -0.2) is 25.2 Å². The smallest absolute Gasteiger partial charge is 0.220 e. The molecule has 0 heterocycles. The summed E-state index contributed by atoms with van der Waals surface area (Å²) in [6.07, 6.45) is 8.33. The Hall–Kier alpha value is -0.570. The molecule has 0 saturated heterocycles. The van der Waals surface area contributed by atoms with Gasteiger partial charge in [-0.15, -0.1) is 0 Å². The highest BCUT2D eigenvalue weighted by atomic mass is 16.5. The fourth-order valence-electron chi connectivity index (χ4n) is 1.96. The van der Waals surface area contributed by atoms with Crippen LogP contribution in [0.15, 0.2) is 0 Å². The van der Waals surface area contributed by atoms with E-state index in [2.05, 4.69) is 5.32 Å². The van der Waals surface area contributed by atoms with Gasteiger partial charge in [-0.25, -0.2) is 0 Å². The van der Waals surface area contributed by atoms with Crippen LogP contribution in [0.4, 0.5) is 0 Å². The van der Waals surface area contributed by atoms with Crippen molar-refractivity contribution in [1.29, 1.82) is 0 Å². The van der Waals surface area contributed by atoms with Crippen LogP contribution >= 0.6 is 0 Å². The Bertz CT molecular complexity index is 176. The molecule has 1 fully saturated rings. The highest BCUT2D eigenvalue weighted by Crippen LogP contribution is 2.19. The number of carbonyl (C=O) groups excluding carboxylic acids is 1. The zero-order chi connectivity index (χ0) is 10.9. The lowest BCUT2D eigenvalue weighted by Gasteiger charge is -2.21. The molecule has 0 spiro atoms. The summed E-state index contributed by atoms with van der Waals surface area (Å²) >= 11 is 0. The van der Waals surface area contributed by atoms with Crippen molar-refractivity contribution in [2.75, 3.05) is 13.2 Å². The van der Waals surface area contributed by atoms with E-state index in [-0.39, 0.29) is 5.91 Å². The van der Waals surface area contributed by atoms with E-state index < -0.39 is 0 Å². The van der Waals surface area contributed by atoms with Gasteiger partial charge in [-0.3, -0.25) is 4.79 Å². The molecule has 0 radical (unpaired) electrons. The van der Waals surface area contributed by atoms with E-state index in [0.717, 1.165) is 6.42 Å². The van der Waals surface area contributed by atoms with Crippen LogP contribution in [0, 0.1) is 0 Å². The minimum atomic E-state index is 0.143. The van der Waals surface area contributed by atoms with Crippen LogP contribution < -0.4 is 5.32 Å². The second kappa shape index (κ2) is 7.69. The summed E-state index contributed by atoms with van der Waals surface area (Å²) in [6, 6.07) is 0. The van der Waals surface area contributed by atoms with Crippen molar-refractivity contribution >= 4 is 5.91 Å². The average molecular weight is 213 g/mol. The van der Waals surface area contributed by atoms with E-state index in [0.29, 0.717) is 25.7 Å². The van der Waals surface area contributed by atoms with Crippen molar-refractivity contribution in [2.24, 2.45) is 0 Å². The molecule has 3 heteroatoms. The lowest BCUT2D eigenvalue weighted by molar-refractivity contribution is -0.121. The Morgan fingerprint density at radius 3 is 2.73 bits per heavy atom. The fourth-order valence-corrected chi connectivity index (χ4v) is 1.96. The third-order valence-electron chi connectivity index (χ3n) is 2.81. The van der Waals surface area contributed by atoms with E-state index in [1.807, 2.05) is 6.92 Å². The molecule has 0 bridgehead atoms. The molecular formula is C12H23NO2. The first kappa shape index (κ1) is 12.5. The van der Waals surface area contributed by atoms with Gasteiger partial charge in [0.05, 0.1) is 12.7 Å². The van der Waals surface area contributed by atoms with E-state index in [1.54, 1.807) is 0 Å². The number of hydrogen-bond acceptors (Lipinski definition) is 2. The van der Waals surface area contributed by atoms with Gasteiger partial charge in [0.2, 0.25) is 5.91 Å². The molecule has 0 aromatic rings. The molecule has 3 nitrogen and oxygen atoms in total. The SMILES string of the molecule is CCCC(=O)NCCOC1CCCCC1. The highest BCUT2D eigenvalue weighted by Gasteiger charge is 2.13. The Morgan fingerprint density at radius 1 is 1.33 bits per heavy atom. The Kier molecular flexibility index (Phi) is 6.41. The summed E-state index contributed by atoms with van der Waals surface area (Å²) in [4.78, 5) is 11.1. The molecule has 1 aliphatic carbocycles. The first-order valence-electron chi connectivity index (χ1n) is 6.21. The molecule has 1 rings (SSSR count). The lowest BCUT2D eigenvalue weighted by atomic mass is 9.98. The number of amides is 1. The van der Waals surface area contributed by atoms with Gasteiger partial charge in [-0.2, -0.15) is 0 Å². The summed E-state index contributed by atoms with van der Waals surface area (Å²) in [5.41, 5.74) is 0. The summed E-state index contributed by atoms with van der Waals surface area (Å²) in [5.74, 6) is 0.143. The number of carbonyl (C=O) groups is 1. The Morgan fingerprint density at radius 2 is 2.07 bits per heavy atom. The van der Waals surface area contributed by atoms with Gasteiger partial charge >= 0.3 is 0 Å². The van der Waals surface area contributed by atoms with E-state index in [9.17, 15) is 4.79 Å². The van der Waals surface area contributed by atoms with Crippen molar-refractivity contribution in [3.63, 3.8) is 0 Å². The van der Waals surface area contributed by atoms with Crippen molar-refractivity contribution in [1.82, 2.24) is 5.32 Å². The predicted octanol–water partition coefficient (Wildman–Crippen LogP) is 2.25. The number of ether oxygens (including phenoxy) is 1. The highest BCUT2D eigenvalue weighted by molar-refractivity contribution is 5.75. The molecule has 88 valence electrons. The van der Waals surface area contributed by atoms with Crippen LogP contribution in [-0.2, 0) is 9.53 Å². The van der Waals surface area contributed by atoms with Crippen LogP contribution in [0.25, 0.3) is 0 Å². The molecule has 0 aliphatic heterocycles. The normalized spacial score (nSPS) is 17.7. The standard InChI is InChI=1S/C12H23NO2/c1-2-6-12(14)13-9-10-15-11-7-4-3-5-8-11/h11H,2-10H2,1H3,(H,13,14). The summed E-state index contributed by atoms with van der Waals surface area (Å²) in [6.45, 7) is 3.34. The molecule has 0 aromatic heterocycles. The average Bonchev–Trinajstić information content (AvgIpc) is 2.26. The zero-order valence-electron chi connectivity index (χ0n) is 9.76. The Labute approximate surface area is 92.6 Å². The van der Waals surface area contributed by atoms with Gasteiger partial charge in [-0.1, -0.05) is 26.2 Å². The van der Waals surface area contributed by atoms with Crippen LogP contribution in [0.3, 0.4) is 0 Å². The van der Waals surface area contributed by atoms with E-state index in [1.165, 1.54) is 32.1 Å². The minimum Gasteiger partial charge on any atom is -0.376 e. The van der Waals surface area contributed by atoms with Crippen LogP contribution in [0.2, 0.25) is 0 Å². The molecule has 1 aliphatic rings. The maximum absolute atomic E-state index is 11.1. The van der Waals surface area contributed by atoms with Gasteiger partial charge in [-0.05, 0) is 19.3 Å². The number of rotatable bonds is 6. The maximum atomic E-state index is 11.1. The summed E-state index contributed by atoms with van der Waals surface area (Å²) in [5, 5.41) is 2.86. The van der Waals surface area contributed by atoms with Crippen molar-refractivity contribution in [3.8, 4) is 0 Å².